The maximum atomic E-state index is 12.3. The molecular formula is C17H24N4O3S2. The summed E-state index contributed by atoms with van der Waals surface area (Å²) in [5, 5.41) is 5.64. The molecule has 1 N–H and O–H groups in total. The smallest absolute Gasteiger partial charge is 0.311 e. The van der Waals surface area contributed by atoms with E-state index in [1.54, 1.807) is 12.3 Å². The summed E-state index contributed by atoms with van der Waals surface area (Å²) in [6.07, 6.45) is 3.81. The molecule has 2 fully saturated rings. The van der Waals surface area contributed by atoms with Crippen molar-refractivity contribution in [3.8, 4) is 0 Å². The predicted octanol–water partition coefficient (Wildman–Crippen LogP) is 2.34. The highest BCUT2D eigenvalue weighted by Gasteiger charge is 2.33. The molecule has 2 aliphatic rings. The Labute approximate surface area is 161 Å². The van der Waals surface area contributed by atoms with E-state index in [-0.39, 0.29) is 23.5 Å². The number of amides is 1. The molecule has 2 unspecified atom stereocenters. The van der Waals surface area contributed by atoms with E-state index >= 15 is 0 Å². The zero-order chi connectivity index (χ0) is 18.5. The maximum Gasteiger partial charge on any atom is 0.311 e. The molecule has 26 heavy (non-hydrogen) atoms. The van der Waals surface area contributed by atoms with E-state index in [2.05, 4.69) is 27.1 Å². The molecule has 0 bridgehead atoms. The Morgan fingerprint density at radius 1 is 1.50 bits per heavy atom. The standard InChI is InChI=1S/C17H24N4O3S2/c1-3-24-14(22)8-12-10-25-16(18-12)20-17-19-15(23)13(26-17)9-21-7-5-4-6-11(21)2/h10-11,13H,3-9H2,1-2H3,(H,18,19,20,23). The summed E-state index contributed by atoms with van der Waals surface area (Å²) >= 11 is 2.82. The monoisotopic (exact) mass is 396 g/mol. The lowest BCUT2D eigenvalue weighted by atomic mass is 10.0. The van der Waals surface area contributed by atoms with Crippen LogP contribution in [0.5, 0.6) is 0 Å². The number of hydrogen-bond acceptors (Lipinski definition) is 8. The molecular weight excluding hydrogens is 372 g/mol. The molecule has 2 saturated heterocycles. The molecule has 3 heterocycles. The minimum Gasteiger partial charge on any atom is -0.466 e. The number of carbonyl (C=O) groups excluding carboxylic acids is 2. The molecule has 9 heteroatoms. The Balaban J connectivity index is 1.57. The van der Waals surface area contributed by atoms with Crippen LogP contribution in [0.2, 0.25) is 0 Å². The second kappa shape index (κ2) is 8.96. The van der Waals surface area contributed by atoms with Gasteiger partial charge in [0.25, 0.3) is 0 Å². The highest BCUT2D eigenvalue weighted by Crippen LogP contribution is 2.27. The number of ether oxygens (including phenoxy) is 1. The first-order valence-corrected chi connectivity index (χ1v) is 10.7. The average Bonchev–Trinajstić information content (AvgIpc) is 3.17. The zero-order valence-electron chi connectivity index (χ0n) is 15.1. The van der Waals surface area contributed by atoms with Gasteiger partial charge in [-0.15, -0.1) is 11.3 Å². The van der Waals surface area contributed by atoms with Gasteiger partial charge in [0, 0.05) is 18.0 Å². The van der Waals surface area contributed by atoms with Gasteiger partial charge in [-0.1, -0.05) is 18.2 Å². The second-order valence-electron chi connectivity index (χ2n) is 6.46. The van der Waals surface area contributed by atoms with Crippen molar-refractivity contribution >= 4 is 45.3 Å². The van der Waals surface area contributed by atoms with Gasteiger partial charge in [0.1, 0.15) is 5.25 Å². The minimum atomic E-state index is -0.295. The van der Waals surface area contributed by atoms with Crippen LogP contribution < -0.4 is 5.32 Å². The van der Waals surface area contributed by atoms with Gasteiger partial charge in [-0.25, -0.2) is 4.98 Å². The maximum absolute atomic E-state index is 12.3. The molecule has 7 nitrogen and oxygen atoms in total. The Hall–Kier alpha value is -1.45. The topological polar surface area (TPSA) is 83.9 Å². The number of piperidine rings is 1. The number of aliphatic imine (C=N–C) groups is 1. The lowest BCUT2D eigenvalue weighted by Gasteiger charge is -2.34. The molecule has 1 aromatic heterocycles. The fraction of sp³-hybridized carbons (Fsp3) is 0.647. The van der Waals surface area contributed by atoms with Crippen molar-refractivity contribution < 1.29 is 14.3 Å². The molecule has 0 saturated carbocycles. The number of likely N-dealkylation sites (tertiary alicyclic amines) is 1. The number of thiazole rings is 1. The van der Waals surface area contributed by atoms with Crippen LogP contribution in [0.15, 0.2) is 10.4 Å². The van der Waals surface area contributed by atoms with Crippen LogP contribution >= 0.6 is 23.1 Å². The lowest BCUT2D eigenvalue weighted by molar-refractivity contribution is -0.142. The number of nitrogens with one attached hydrogen (secondary N) is 1. The van der Waals surface area contributed by atoms with Crippen molar-refractivity contribution in [2.45, 2.75) is 50.8 Å². The number of carbonyl (C=O) groups is 2. The summed E-state index contributed by atoms with van der Waals surface area (Å²) in [6.45, 7) is 6.17. The van der Waals surface area contributed by atoms with Crippen molar-refractivity contribution in [1.82, 2.24) is 15.2 Å². The highest BCUT2D eigenvalue weighted by molar-refractivity contribution is 8.15. The van der Waals surface area contributed by atoms with E-state index in [4.69, 9.17) is 4.74 Å². The van der Waals surface area contributed by atoms with Crippen molar-refractivity contribution in [3.05, 3.63) is 11.1 Å². The van der Waals surface area contributed by atoms with E-state index in [1.165, 1.54) is 42.4 Å². The third-order valence-corrected chi connectivity index (χ3v) is 6.33. The quantitative estimate of drug-likeness (QED) is 0.743. The van der Waals surface area contributed by atoms with E-state index in [0.29, 0.717) is 28.6 Å². The largest absolute Gasteiger partial charge is 0.466 e. The molecule has 0 aliphatic carbocycles. The fourth-order valence-corrected chi connectivity index (χ4v) is 4.84. The van der Waals surface area contributed by atoms with Gasteiger partial charge in [-0.2, -0.15) is 4.99 Å². The van der Waals surface area contributed by atoms with Gasteiger partial charge in [0.05, 0.1) is 18.7 Å². The van der Waals surface area contributed by atoms with Crippen molar-refractivity contribution in [1.29, 1.82) is 0 Å². The molecule has 142 valence electrons. The van der Waals surface area contributed by atoms with Gasteiger partial charge in [0.15, 0.2) is 5.17 Å². The summed E-state index contributed by atoms with van der Waals surface area (Å²) in [4.78, 5) is 34.9. The van der Waals surface area contributed by atoms with Crippen LogP contribution in [0.3, 0.4) is 0 Å². The first-order chi connectivity index (χ1) is 12.5. The Bertz CT molecular complexity index is 691. The summed E-state index contributed by atoms with van der Waals surface area (Å²) in [5.41, 5.74) is 0.640. The number of hydrogen-bond donors (Lipinski definition) is 1. The van der Waals surface area contributed by atoms with E-state index < -0.39 is 0 Å². The fourth-order valence-electron chi connectivity index (χ4n) is 3.10. The van der Waals surface area contributed by atoms with E-state index in [1.807, 2.05) is 0 Å². The Morgan fingerprint density at radius 2 is 2.35 bits per heavy atom. The van der Waals surface area contributed by atoms with Crippen LogP contribution in [0.4, 0.5) is 5.13 Å². The zero-order valence-corrected chi connectivity index (χ0v) is 16.7. The predicted molar refractivity (Wildman–Crippen MR) is 104 cm³/mol. The highest BCUT2D eigenvalue weighted by atomic mass is 32.2. The Kier molecular flexibility index (Phi) is 6.66. The third-order valence-electron chi connectivity index (χ3n) is 4.48. The van der Waals surface area contributed by atoms with Crippen LogP contribution in [-0.2, 0) is 20.7 Å². The molecule has 1 amide bonds. The number of aromatic nitrogens is 1. The molecule has 2 aliphatic heterocycles. The summed E-state index contributed by atoms with van der Waals surface area (Å²) in [7, 11) is 0. The lowest BCUT2D eigenvalue weighted by Crippen LogP contribution is -2.43. The van der Waals surface area contributed by atoms with Gasteiger partial charge >= 0.3 is 5.97 Å². The molecule has 2 atom stereocenters. The van der Waals surface area contributed by atoms with E-state index in [9.17, 15) is 9.59 Å². The first kappa shape index (κ1) is 19.3. The van der Waals surface area contributed by atoms with Crippen LogP contribution in [-0.4, -0.2) is 57.9 Å². The van der Waals surface area contributed by atoms with Crippen LogP contribution in [0.1, 0.15) is 38.8 Å². The molecule has 1 aromatic rings. The molecule has 3 rings (SSSR count). The minimum absolute atomic E-state index is 0.00910. The summed E-state index contributed by atoms with van der Waals surface area (Å²) < 4.78 is 4.92. The number of thioether (sulfide) groups is 1. The number of esters is 1. The van der Waals surface area contributed by atoms with Crippen LogP contribution in [0.25, 0.3) is 0 Å². The third kappa shape index (κ3) is 5.05. The number of amidine groups is 1. The molecule has 0 spiro atoms. The first-order valence-electron chi connectivity index (χ1n) is 8.95. The molecule has 0 aromatic carbocycles. The van der Waals surface area contributed by atoms with Gasteiger partial charge in [-0.05, 0) is 33.2 Å². The molecule has 0 radical (unpaired) electrons. The van der Waals surface area contributed by atoms with Gasteiger partial charge in [-0.3, -0.25) is 14.5 Å². The van der Waals surface area contributed by atoms with Crippen LogP contribution in [0, 0.1) is 0 Å². The van der Waals surface area contributed by atoms with Crippen molar-refractivity contribution in [3.63, 3.8) is 0 Å². The summed E-state index contributed by atoms with van der Waals surface area (Å²) in [6, 6.07) is 0.530. The number of rotatable bonds is 6. The van der Waals surface area contributed by atoms with Gasteiger partial charge < -0.3 is 10.1 Å². The van der Waals surface area contributed by atoms with Crippen molar-refractivity contribution in [2.75, 3.05) is 19.7 Å². The normalized spacial score (nSPS) is 25.5. The van der Waals surface area contributed by atoms with E-state index in [0.717, 1.165) is 13.1 Å². The number of nitrogens with zero attached hydrogens (tertiary/aromatic N) is 3. The Morgan fingerprint density at radius 3 is 3.12 bits per heavy atom. The second-order valence-corrected chi connectivity index (χ2v) is 8.48. The van der Waals surface area contributed by atoms with Gasteiger partial charge in [0.2, 0.25) is 11.0 Å². The average molecular weight is 397 g/mol. The van der Waals surface area contributed by atoms with Crippen molar-refractivity contribution in [2.24, 2.45) is 4.99 Å². The SMILES string of the molecule is CCOC(=O)Cc1csc(/N=C2\NC(=O)C(CN3CCCCC3C)S2)n1. The summed E-state index contributed by atoms with van der Waals surface area (Å²) in [5.74, 6) is -0.286.